The van der Waals surface area contributed by atoms with Crippen LogP contribution in [-0.2, 0) is 4.79 Å². The number of aromatic nitrogens is 2. The molecule has 5 nitrogen and oxygen atoms in total. The van der Waals surface area contributed by atoms with E-state index in [9.17, 15) is 4.79 Å². The first kappa shape index (κ1) is 17.1. The van der Waals surface area contributed by atoms with Crippen LogP contribution in [0.2, 0.25) is 0 Å². The van der Waals surface area contributed by atoms with Crippen LogP contribution in [0.5, 0.6) is 0 Å². The van der Waals surface area contributed by atoms with Gasteiger partial charge in [0.1, 0.15) is 0 Å². The maximum absolute atomic E-state index is 12.4. The summed E-state index contributed by atoms with van der Waals surface area (Å²) in [6.07, 6.45) is 2.29. The predicted octanol–water partition coefficient (Wildman–Crippen LogP) is 4.24. The molecule has 4 rings (SSSR count). The Morgan fingerprint density at radius 2 is 2.08 bits per heavy atom. The highest BCUT2D eigenvalue weighted by atomic mass is 32.2. The Labute approximate surface area is 156 Å². The number of benzene rings is 2. The van der Waals surface area contributed by atoms with E-state index in [0.29, 0.717) is 22.8 Å². The Morgan fingerprint density at radius 3 is 2.96 bits per heavy atom. The maximum Gasteiger partial charge on any atom is 0.277 e. The smallest absolute Gasteiger partial charge is 0.277 e. The fourth-order valence-electron chi connectivity index (χ4n) is 3.42. The Balaban J connectivity index is 1.45. The molecule has 2 aromatic carbocycles. The van der Waals surface area contributed by atoms with Crippen molar-refractivity contribution >= 4 is 28.4 Å². The van der Waals surface area contributed by atoms with Crippen molar-refractivity contribution < 1.29 is 9.21 Å². The van der Waals surface area contributed by atoms with E-state index >= 15 is 0 Å². The van der Waals surface area contributed by atoms with Crippen LogP contribution in [0.4, 0.5) is 0 Å². The molecular weight excluding hydrogens is 346 g/mol. The highest BCUT2D eigenvalue weighted by molar-refractivity contribution is 7.99. The molecule has 1 amide bonds. The summed E-state index contributed by atoms with van der Waals surface area (Å²) in [5.41, 5.74) is 0.915. The Hall–Kier alpha value is -2.34. The second-order valence-corrected chi connectivity index (χ2v) is 7.70. The molecule has 1 aliphatic heterocycles. The zero-order valence-corrected chi connectivity index (χ0v) is 15.5. The van der Waals surface area contributed by atoms with Crippen LogP contribution in [0.3, 0.4) is 0 Å². The molecule has 0 spiro atoms. The lowest BCUT2D eigenvalue weighted by Crippen LogP contribution is -2.40. The van der Waals surface area contributed by atoms with Crippen molar-refractivity contribution in [1.29, 1.82) is 0 Å². The monoisotopic (exact) mass is 367 g/mol. The molecule has 0 bridgehead atoms. The van der Waals surface area contributed by atoms with Gasteiger partial charge in [0.15, 0.2) is 0 Å². The number of fused-ring (bicyclic) bond motifs is 1. The van der Waals surface area contributed by atoms with E-state index in [4.69, 9.17) is 4.42 Å². The summed E-state index contributed by atoms with van der Waals surface area (Å²) in [5, 5.41) is 10.9. The van der Waals surface area contributed by atoms with Crippen molar-refractivity contribution in [1.82, 2.24) is 15.1 Å². The second kappa shape index (κ2) is 7.50. The minimum atomic E-state index is 0.145. The normalized spacial score (nSPS) is 17.6. The maximum atomic E-state index is 12.4. The number of amides is 1. The number of hydrogen-bond acceptors (Lipinski definition) is 5. The first-order chi connectivity index (χ1) is 12.7. The summed E-state index contributed by atoms with van der Waals surface area (Å²) in [7, 11) is 0. The Kier molecular flexibility index (Phi) is 4.93. The van der Waals surface area contributed by atoms with Crippen LogP contribution in [0.25, 0.3) is 22.2 Å². The molecule has 134 valence electrons. The number of hydrogen-bond donors (Lipinski definition) is 0. The van der Waals surface area contributed by atoms with E-state index in [1.54, 1.807) is 0 Å². The summed E-state index contributed by atoms with van der Waals surface area (Å²) >= 11 is 1.31. The van der Waals surface area contributed by atoms with E-state index in [1.807, 2.05) is 35.2 Å². The van der Waals surface area contributed by atoms with Gasteiger partial charge in [-0.3, -0.25) is 4.79 Å². The number of thioether (sulfide) groups is 1. The zero-order chi connectivity index (χ0) is 17.9. The van der Waals surface area contributed by atoms with Gasteiger partial charge in [0, 0.05) is 18.7 Å². The predicted molar refractivity (Wildman–Crippen MR) is 103 cm³/mol. The highest BCUT2D eigenvalue weighted by Gasteiger charge is 2.21. The number of carbonyl (C=O) groups is 1. The number of nitrogens with zero attached hydrogens (tertiary/aromatic N) is 3. The van der Waals surface area contributed by atoms with E-state index < -0.39 is 0 Å². The lowest BCUT2D eigenvalue weighted by molar-refractivity contribution is -0.130. The van der Waals surface area contributed by atoms with E-state index in [2.05, 4.69) is 29.3 Å². The van der Waals surface area contributed by atoms with Crippen molar-refractivity contribution in [3.63, 3.8) is 0 Å². The van der Waals surface area contributed by atoms with Crippen molar-refractivity contribution in [3.05, 3.63) is 42.5 Å². The van der Waals surface area contributed by atoms with Crippen LogP contribution in [0.1, 0.15) is 19.8 Å². The van der Waals surface area contributed by atoms with Gasteiger partial charge in [-0.2, -0.15) is 0 Å². The lowest BCUT2D eigenvalue weighted by Gasteiger charge is -2.30. The van der Waals surface area contributed by atoms with Gasteiger partial charge in [-0.05, 0) is 35.6 Å². The van der Waals surface area contributed by atoms with Crippen molar-refractivity contribution in [2.75, 3.05) is 18.8 Å². The fraction of sp³-hybridized carbons (Fsp3) is 0.350. The fourth-order valence-corrected chi connectivity index (χ4v) is 4.09. The van der Waals surface area contributed by atoms with E-state index in [0.717, 1.165) is 35.8 Å². The average molecular weight is 367 g/mol. The van der Waals surface area contributed by atoms with Gasteiger partial charge in [-0.15, -0.1) is 10.2 Å². The van der Waals surface area contributed by atoms with Crippen molar-refractivity contribution in [2.24, 2.45) is 5.92 Å². The number of piperidine rings is 1. The van der Waals surface area contributed by atoms with Crippen LogP contribution >= 0.6 is 11.8 Å². The Morgan fingerprint density at radius 1 is 1.23 bits per heavy atom. The summed E-state index contributed by atoms with van der Waals surface area (Å²) in [6, 6.07) is 14.1. The molecule has 26 heavy (non-hydrogen) atoms. The molecule has 1 saturated heterocycles. The SMILES string of the molecule is CC1CCCN(C(=O)CSc2nnc(-c3cccc4ccccc34)o2)C1. The number of likely N-dealkylation sites (tertiary alicyclic amines) is 1. The molecule has 6 heteroatoms. The minimum absolute atomic E-state index is 0.145. The lowest BCUT2D eigenvalue weighted by atomic mass is 10.0. The summed E-state index contributed by atoms with van der Waals surface area (Å²) in [6.45, 7) is 3.90. The molecule has 3 aromatic rings. The minimum Gasteiger partial charge on any atom is -0.411 e. The first-order valence-corrected chi connectivity index (χ1v) is 9.91. The molecule has 0 aliphatic carbocycles. The molecule has 1 fully saturated rings. The third-order valence-corrected chi connectivity index (χ3v) is 5.56. The van der Waals surface area contributed by atoms with E-state index in [1.165, 1.54) is 18.2 Å². The van der Waals surface area contributed by atoms with Gasteiger partial charge in [-0.25, -0.2) is 0 Å². The molecule has 2 heterocycles. The van der Waals surface area contributed by atoms with Crippen LogP contribution < -0.4 is 0 Å². The van der Waals surface area contributed by atoms with Gasteiger partial charge in [-0.1, -0.05) is 55.1 Å². The van der Waals surface area contributed by atoms with Gasteiger partial charge in [0.2, 0.25) is 11.8 Å². The molecule has 1 unspecified atom stereocenters. The first-order valence-electron chi connectivity index (χ1n) is 8.93. The van der Waals surface area contributed by atoms with Gasteiger partial charge >= 0.3 is 0 Å². The zero-order valence-electron chi connectivity index (χ0n) is 14.7. The number of rotatable bonds is 4. The molecule has 1 atom stereocenters. The highest BCUT2D eigenvalue weighted by Crippen LogP contribution is 2.29. The Bertz CT molecular complexity index is 919. The second-order valence-electron chi connectivity index (χ2n) is 6.78. The molecular formula is C20H21N3O2S. The summed E-state index contributed by atoms with van der Waals surface area (Å²) < 4.78 is 5.81. The topological polar surface area (TPSA) is 59.2 Å². The standard InChI is InChI=1S/C20H21N3O2S/c1-14-6-5-11-23(12-14)18(24)13-26-20-22-21-19(25-20)17-10-4-8-15-7-2-3-9-16(15)17/h2-4,7-10,14H,5-6,11-13H2,1H3. The largest absolute Gasteiger partial charge is 0.411 e. The quantitative estimate of drug-likeness (QED) is 0.646. The molecule has 1 aromatic heterocycles. The van der Waals surface area contributed by atoms with Gasteiger partial charge in [0.25, 0.3) is 5.22 Å². The van der Waals surface area contributed by atoms with Crippen LogP contribution in [0.15, 0.2) is 52.1 Å². The third kappa shape index (κ3) is 3.60. The summed E-state index contributed by atoms with van der Waals surface area (Å²) in [5.74, 6) is 1.55. The van der Waals surface area contributed by atoms with Gasteiger partial charge in [0.05, 0.1) is 5.75 Å². The third-order valence-electron chi connectivity index (χ3n) is 4.76. The van der Waals surface area contributed by atoms with Crippen molar-refractivity contribution in [2.45, 2.75) is 25.0 Å². The number of carbonyl (C=O) groups excluding carboxylic acids is 1. The summed E-state index contributed by atoms with van der Waals surface area (Å²) in [4.78, 5) is 14.3. The van der Waals surface area contributed by atoms with E-state index in [-0.39, 0.29) is 5.91 Å². The van der Waals surface area contributed by atoms with Gasteiger partial charge < -0.3 is 9.32 Å². The molecule has 0 saturated carbocycles. The average Bonchev–Trinajstić information content (AvgIpc) is 3.14. The van der Waals surface area contributed by atoms with Crippen LogP contribution in [0, 0.1) is 5.92 Å². The molecule has 0 N–H and O–H groups in total. The molecule has 0 radical (unpaired) electrons. The van der Waals surface area contributed by atoms with Crippen LogP contribution in [-0.4, -0.2) is 39.8 Å². The van der Waals surface area contributed by atoms with Crippen molar-refractivity contribution in [3.8, 4) is 11.5 Å². The molecule has 1 aliphatic rings.